The van der Waals surface area contributed by atoms with Crippen LogP contribution in [0.3, 0.4) is 0 Å². The van der Waals surface area contributed by atoms with Crippen molar-refractivity contribution in [3.63, 3.8) is 0 Å². The molecule has 0 amide bonds. The van der Waals surface area contributed by atoms with Crippen LogP contribution >= 0.6 is 11.6 Å². The second-order valence-corrected chi connectivity index (χ2v) is 5.54. The van der Waals surface area contributed by atoms with Crippen LogP contribution in [0.25, 0.3) is 0 Å². The van der Waals surface area contributed by atoms with Gasteiger partial charge in [-0.3, -0.25) is 0 Å². The summed E-state index contributed by atoms with van der Waals surface area (Å²) in [7, 11) is 0. The molecule has 0 atom stereocenters. The minimum absolute atomic E-state index is 0.166. The Morgan fingerprint density at radius 3 is 1.44 bits per heavy atom. The largest absolute Gasteiger partial charge is 0.460 e. The highest BCUT2D eigenvalue weighted by Gasteiger charge is 2.91. The number of anilines is 1. The third-order valence-electron chi connectivity index (χ3n) is 3.29. The number of halogens is 14. The van der Waals surface area contributed by atoms with E-state index in [1.54, 1.807) is 0 Å². The van der Waals surface area contributed by atoms with Crippen molar-refractivity contribution in [1.82, 2.24) is 0 Å². The smallest absolute Gasteiger partial charge is 0.398 e. The maximum absolute atomic E-state index is 13.9. The Kier molecular flexibility index (Phi) is 5.39. The van der Waals surface area contributed by atoms with E-state index < -0.39 is 52.1 Å². The summed E-state index contributed by atoms with van der Waals surface area (Å²) in [5.41, 5.74) is 1.16. The minimum Gasteiger partial charge on any atom is -0.398 e. The molecule has 0 aliphatic heterocycles. The lowest BCUT2D eigenvalue weighted by atomic mass is 9.90. The molecule has 1 rings (SSSR count). The standard InChI is InChI=1S/C12H5ClF13N/c13-4-1-2-6(27)5(3-4)7(14,15)8(16,17)9(18,19)10(20,21)11(22,23)12(24,25)26/h1-3H,27H2. The molecule has 1 aromatic carbocycles. The zero-order valence-electron chi connectivity index (χ0n) is 12.1. The Bertz CT molecular complexity index is 710. The molecule has 0 aliphatic carbocycles. The van der Waals surface area contributed by atoms with Crippen molar-refractivity contribution < 1.29 is 57.1 Å². The van der Waals surface area contributed by atoms with Crippen LogP contribution in [-0.4, -0.2) is 29.9 Å². The van der Waals surface area contributed by atoms with Crippen LogP contribution in [0.4, 0.5) is 62.8 Å². The first-order valence-electron chi connectivity index (χ1n) is 6.17. The molecule has 0 aromatic heterocycles. The van der Waals surface area contributed by atoms with E-state index in [4.69, 9.17) is 17.3 Å². The predicted octanol–water partition coefficient (Wildman–Crippen LogP) is 6.12. The van der Waals surface area contributed by atoms with Crippen LogP contribution in [0, 0.1) is 0 Å². The number of alkyl halides is 13. The fourth-order valence-electron chi connectivity index (χ4n) is 1.74. The summed E-state index contributed by atoms with van der Waals surface area (Å²) >= 11 is 5.17. The molecule has 1 aromatic rings. The van der Waals surface area contributed by atoms with Gasteiger partial charge in [0.15, 0.2) is 0 Å². The summed E-state index contributed by atoms with van der Waals surface area (Å²) in [6.07, 6.45) is -7.46. The first-order chi connectivity index (χ1) is 11.7. The number of hydrogen-bond acceptors (Lipinski definition) is 1. The number of hydrogen-bond donors (Lipinski definition) is 1. The van der Waals surface area contributed by atoms with Gasteiger partial charge < -0.3 is 5.73 Å². The Morgan fingerprint density at radius 2 is 1.04 bits per heavy atom. The molecule has 0 aliphatic rings. The first kappa shape index (κ1) is 23.4. The Morgan fingerprint density at radius 1 is 0.630 bits per heavy atom. The van der Waals surface area contributed by atoms with Gasteiger partial charge in [0.25, 0.3) is 0 Å². The van der Waals surface area contributed by atoms with Gasteiger partial charge in [-0.15, -0.1) is 0 Å². The third-order valence-corrected chi connectivity index (χ3v) is 3.52. The summed E-state index contributed by atoms with van der Waals surface area (Å²) in [4.78, 5) is 0. The molecule has 15 heteroatoms. The summed E-state index contributed by atoms with van der Waals surface area (Å²) < 4.78 is 169. The zero-order valence-corrected chi connectivity index (χ0v) is 12.9. The molecule has 0 fully saturated rings. The molecular formula is C12H5ClF13N. The fourth-order valence-corrected chi connectivity index (χ4v) is 1.91. The molecular weight excluding hydrogens is 441 g/mol. The summed E-state index contributed by atoms with van der Waals surface area (Å²) in [6, 6.07) is 0.891. The van der Waals surface area contributed by atoms with Gasteiger partial charge in [-0.2, -0.15) is 57.1 Å². The quantitative estimate of drug-likeness (QED) is 0.429. The molecule has 0 saturated carbocycles. The Balaban J connectivity index is 3.66. The van der Waals surface area contributed by atoms with Gasteiger partial charge in [-0.1, -0.05) is 11.6 Å². The van der Waals surface area contributed by atoms with E-state index in [1.165, 1.54) is 0 Å². The van der Waals surface area contributed by atoms with Gasteiger partial charge in [0.2, 0.25) is 0 Å². The highest BCUT2D eigenvalue weighted by molar-refractivity contribution is 6.30. The van der Waals surface area contributed by atoms with Gasteiger partial charge in [-0.25, -0.2) is 0 Å². The predicted molar refractivity (Wildman–Crippen MR) is 65.6 cm³/mol. The lowest BCUT2D eigenvalue weighted by molar-refractivity contribution is -0.441. The third kappa shape index (κ3) is 3.14. The molecule has 0 heterocycles. The second-order valence-electron chi connectivity index (χ2n) is 5.10. The molecule has 0 bridgehead atoms. The normalized spacial score (nSPS) is 15.2. The van der Waals surface area contributed by atoms with E-state index >= 15 is 0 Å². The fraction of sp³-hybridized carbons (Fsp3) is 0.500. The van der Waals surface area contributed by atoms with Gasteiger partial charge in [-0.05, 0) is 18.2 Å². The number of nitrogens with two attached hydrogens (primary N) is 1. The molecule has 0 saturated heterocycles. The Labute approximate surface area is 145 Å². The number of rotatable bonds is 5. The van der Waals surface area contributed by atoms with Crippen LogP contribution in [-0.2, 0) is 5.92 Å². The monoisotopic (exact) mass is 445 g/mol. The van der Waals surface area contributed by atoms with Crippen LogP contribution in [0.2, 0.25) is 5.02 Å². The van der Waals surface area contributed by atoms with E-state index in [2.05, 4.69) is 0 Å². The van der Waals surface area contributed by atoms with Crippen molar-refractivity contribution in [2.24, 2.45) is 0 Å². The summed E-state index contributed by atoms with van der Waals surface area (Å²) in [6.45, 7) is 0. The average molecular weight is 446 g/mol. The minimum atomic E-state index is -7.96. The molecule has 27 heavy (non-hydrogen) atoms. The summed E-state index contributed by atoms with van der Waals surface area (Å²) in [5.74, 6) is -37.5. The van der Waals surface area contributed by atoms with Gasteiger partial charge in [0.05, 0.1) is 5.56 Å². The van der Waals surface area contributed by atoms with Gasteiger partial charge >= 0.3 is 35.8 Å². The highest BCUT2D eigenvalue weighted by Crippen LogP contribution is 2.62. The molecule has 1 nitrogen and oxygen atoms in total. The van der Waals surface area contributed by atoms with E-state index in [0.717, 1.165) is 0 Å². The molecule has 156 valence electrons. The van der Waals surface area contributed by atoms with Crippen LogP contribution in [0.1, 0.15) is 5.56 Å². The van der Waals surface area contributed by atoms with Crippen LogP contribution in [0.5, 0.6) is 0 Å². The molecule has 0 unspecified atom stereocenters. The van der Waals surface area contributed by atoms with Crippen molar-refractivity contribution in [2.75, 3.05) is 5.73 Å². The summed E-state index contributed by atoms with van der Waals surface area (Å²) in [5, 5.41) is -0.828. The number of nitrogen functional groups attached to an aromatic ring is 1. The van der Waals surface area contributed by atoms with Gasteiger partial charge in [0, 0.05) is 10.7 Å². The van der Waals surface area contributed by atoms with Gasteiger partial charge in [0.1, 0.15) is 0 Å². The van der Waals surface area contributed by atoms with E-state index in [-0.39, 0.29) is 6.07 Å². The lowest BCUT2D eigenvalue weighted by Gasteiger charge is -2.40. The van der Waals surface area contributed by atoms with Crippen molar-refractivity contribution in [3.8, 4) is 0 Å². The van der Waals surface area contributed by atoms with Crippen LogP contribution in [0.15, 0.2) is 18.2 Å². The molecule has 0 radical (unpaired) electrons. The SMILES string of the molecule is Nc1ccc(Cl)cc1C(F)(F)C(F)(F)C(F)(F)C(F)(F)C(F)(F)C(F)(F)F. The molecule has 0 spiro atoms. The van der Waals surface area contributed by atoms with Crippen molar-refractivity contribution in [2.45, 2.75) is 35.8 Å². The van der Waals surface area contributed by atoms with Crippen molar-refractivity contribution in [3.05, 3.63) is 28.8 Å². The maximum atomic E-state index is 13.9. The van der Waals surface area contributed by atoms with Crippen LogP contribution < -0.4 is 5.73 Å². The van der Waals surface area contributed by atoms with E-state index in [9.17, 15) is 57.1 Å². The number of benzene rings is 1. The average Bonchev–Trinajstić information content (AvgIpc) is 2.47. The molecule has 2 N–H and O–H groups in total. The topological polar surface area (TPSA) is 26.0 Å². The Hall–Kier alpha value is -1.60. The lowest BCUT2D eigenvalue weighted by Crippen LogP contribution is -2.69. The van der Waals surface area contributed by atoms with E-state index in [1.807, 2.05) is 0 Å². The first-order valence-corrected chi connectivity index (χ1v) is 6.55. The second kappa shape index (κ2) is 6.21. The van der Waals surface area contributed by atoms with Crippen molar-refractivity contribution >= 4 is 17.3 Å². The maximum Gasteiger partial charge on any atom is 0.460 e. The zero-order chi connectivity index (χ0) is 21.9. The van der Waals surface area contributed by atoms with E-state index in [0.29, 0.717) is 12.1 Å². The highest BCUT2D eigenvalue weighted by atomic mass is 35.5. The van der Waals surface area contributed by atoms with Crippen molar-refractivity contribution in [1.29, 1.82) is 0 Å².